The summed E-state index contributed by atoms with van der Waals surface area (Å²) in [7, 11) is 1.61. The number of hydrogen-bond acceptors (Lipinski definition) is 6. The van der Waals surface area contributed by atoms with Crippen molar-refractivity contribution in [3.63, 3.8) is 0 Å². The van der Waals surface area contributed by atoms with Crippen molar-refractivity contribution in [2.45, 2.75) is 6.42 Å². The number of rotatable bonds is 7. The van der Waals surface area contributed by atoms with Gasteiger partial charge in [-0.05, 0) is 48.5 Å². The van der Waals surface area contributed by atoms with Gasteiger partial charge in [0.25, 0.3) is 5.91 Å². The van der Waals surface area contributed by atoms with Crippen LogP contribution in [0.4, 0.5) is 10.8 Å². The quantitative estimate of drug-likeness (QED) is 0.567. The Morgan fingerprint density at radius 1 is 1.04 bits per heavy atom. The first-order chi connectivity index (χ1) is 13.6. The molecule has 7 nitrogen and oxygen atoms in total. The van der Waals surface area contributed by atoms with Crippen molar-refractivity contribution < 1.29 is 14.3 Å². The molecule has 144 valence electrons. The number of carbonyl (C=O) groups excluding carboxylic acids is 2. The first kappa shape index (κ1) is 19.8. The zero-order chi connectivity index (χ0) is 19.9. The highest BCUT2D eigenvalue weighted by Crippen LogP contribution is 2.28. The first-order valence-corrected chi connectivity index (χ1v) is 9.69. The molecule has 1 aromatic heterocycles. The summed E-state index contributed by atoms with van der Waals surface area (Å²) >= 11 is 6.81. The second-order valence-corrected chi connectivity index (χ2v) is 7.01. The number of nitrogens with zero attached hydrogens (tertiary/aromatic N) is 2. The van der Waals surface area contributed by atoms with Gasteiger partial charge in [-0.25, -0.2) is 0 Å². The lowest BCUT2D eigenvalue weighted by atomic mass is 10.2. The van der Waals surface area contributed by atoms with E-state index in [0.29, 0.717) is 21.4 Å². The molecule has 0 aliphatic carbocycles. The topological polar surface area (TPSA) is 93.2 Å². The molecule has 3 aromatic rings. The molecule has 0 aliphatic rings. The van der Waals surface area contributed by atoms with E-state index in [2.05, 4.69) is 20.8 Å². The lowest BCUT2D eigenvalue weighted by Crippen LogP contribution is -2.13. The number of ether oxygens (including phenoxy) is 1. The van der Waals surface area contributed by atoms with Gasteiger partial charge in [-0.15, -0.1) is 21.8 Å². The van der Waals surface area contributed by atoms with Crippen molar-refractivity contribution in [1.29, 1.82) is 0 Å². The smallest absolute Gasteiger partial charge is 0.257 e. The maximum atomic E-state index is 12.4. The average Bonchev–Trinajstić information content (AvgIpc) is 3.17. The molecule has 1 heterocycles. The number of carbonyl (C=O) groups is 2. The van der Waals surface area contributed by atoms with Crippen LogP contribution in [0.1, 0.15) is 16.8 Å². The van der Waals surface area contributed by atoms with Crippen LogP contribution in [-0.4, -0.2) is 35.0 Å². The van der Waals surface area contributed by atoms with Crippen LogP contribution >= 0.6 is 22.9 Å². The molecule has 0 atom stereocenters. The third-order valence-electron chi connectivity index (χ3n) is 3.73. The lowest BCUT2D eigenvalue weighted by molar-refractivity contribution is -0.115. The van der Waals surface area contributed by atoms with Gasteiger partial charge in [0.2, 0.25) is 11.0 Å². The van der Waals surface area contributed by atoms with Gasteiger partial charge in [0.1, 0.15) is 10.8 Å². The molecule has 0 unspecified atom stereocenters. The summed E-state index contributed by atoms with van der Waals surface area (Å²) in [4.78, 5) is 23.9. The Balaban J connectivity index is 1.63. The van der Waals surface area contributed by atoms with Crippen molar-refractivity contribution in [3.8, 4) is 16.3 Å². The number of anilines is 2. The molecule has 0 aliphatic heterocycles. The predicted octanol–water partition coefficient (Wildman–Crippen LogP) is 4.03. The summed E-state index contributed by atoms with van der Waals surface area (Å²) in [6, 6.07) is 14.0. The van der Waals surface area contributed by atoms with E-state index >= 15 is 0 Å². The van der Waals surface area contributed by atoms with E-state index in [1.807, 2.05) is 24.3 Å². The number of nitrogens with one attached hydrogen (secondary N) is 2. The molecular formula is C19H17ClN4O3S. The van der Waals surface area contributed by atoms with Crippen LogP contribution in [-0.2, 0) is 4.79 Å². The van der Waals surface area contributed by atoms with Crippen molar-refractivity contribution in [2.24, 2.45) is 0 Å². The van der Waals surface area contributed by atoms with Gasteiger partial charge >= 0.3 is 0 Å². The number of hydrogen-bond donors (Lipinski definition) is 2. The SMILES string of the molecule is COc1ccc(-c2nnc(NC(=O)c3ccc(NC(=O)CCCl)cc3)s2)cc1. The van der Waals surface area contributed by atoms with Gasteiger partial charge in [0, 0.05) is 29.1 Å². The van der Waals surface area contributed by atoms with Gasteiger partial charge in [-0.2, -0.15) is 0 Å². The van der Waals surface area contributed by atoms with E-state index in [0.717, 1.165) is 11.3 Å². The van der Waals surface area contributed by atoms with Crippen molar-refractivity contribution in [1.82, 2.24) is 10.2 Å². The number of halogens is 1. The summed E-state index contributed by atoms with van der Waals surface area (Å²) < 4.78 is 5.13. The van der Waals surface area contributed by atoms with Gasteiger partial charge < -0.3 is 10.1 Å². The van der Waals surface area contributed by atoms with Crippen molar-refractivity contribution >= 4 is 45.6 Å². The van der Waals surface area contributed by atoms with E-state index in [1.165, 1.54) is 11.3 Å². The summed E-state index contributed by atoms with van der Waals surface area (Å²) in [6.07, 6.45) is 0.234. The van der Waals surface area contributed by atoms with Crippen LogP contribution in [0.25, 0.3) is 10.6 Å². The van der Waals surface area contributed by atoms with Crippen LogP contribution in [0.2, 0.25) is 0 Å². The van der Waals surface area contributed by atoms with Crippen LogP contribution < -0.4 is 15.4 Å². The Bertz CT molecular complexity index is 958. The highest BCUT2D eigenvalue weighted by molar-refractivity contribution is 7.18. The number of amides is 2. The normalized spacial score (nSPS) is 10.4. The third kappa shape index (κ3) is 5.05. The standard InChI is InChI=1S/C19H17ClN4O3S/c1-27-15-8-4-13(5-9-15)18-23-24-19(28-18)22-17(26)12-2-6-14(7-3-12)21-16(25)10-11-20/h2-9H,10-11H2,1H3,(H,21,25)(H,22,24,26). The molecule has 0 fully saturated rings. The second-order valence-electron chi connectivity index (χ2n) is 5.66. The summed E-state index contributed by atoms with van der Waals surface area (Å²) in [5, 5.41) is 14.6. The molecule has 0 spiro atoms. The Morgan fingerprint density at radius 2 is 1.75 bits per heavy atom. The minimum atomic E-state index is -0.309. The second kappa shape index (κ2) is 9.29. The van der Waals surface area contributed by atoms with Crippen LogP contribution in [0.5, 0.6) is 5.75 Å². The molecule has 2 amide bonds. The molecule has 9 heteroatoms. The summed E-state index contributed by atoms with van der Waals surface area (Å²) in [5.74, 6) is 0.527. The first-order valence-electron chi connectivity index (χ1n) is 8.34. The van der Waals surface area contributed by atoms with Crippen LogP contribution in [0.3, 0.4) is 0 Å². The highest BCUT2D eigenvalue weighted by atomic mass is 35.5. The Morgan fingerprint density at radius 3 is 2.39 bits per heavy atom. The Labute approximate surface area is 170 Å². The van der Waals surface area contributed by atoms with E-state index in [-0.39, 0.29) is 24.1 Å². The van der Waals surface area contributed by atoms with E-state index in [1.54, 1.807) is 31.4 Å². The molecule has 0 saturated heterocycles. The molecule has 2 N–H and O–H groups in total. The number of alkyl halides is 1. The monoisotopic (exact) mass is 416 g/mol. The maximum absolute atomic E-state index is 12.4. The zero-order valence-electron chi connectivity index (χ0n) is 14.9. The lowest BCUT2D eigenvalue weighted by Gasteiger charge is -2.05. The molecule has 0 radical (unpaired) electrons. The minimum absolute atomic E-state index is 0.174. The molecule has 2 aromatic carbocycles. The van der Waals surface area contributed by atoms with Gasteiger partial charge in [0.15, 0.2) is 0 Å². The van der Waals surface area contributed by atoms with Crippen LogP contribution in [0, 0.1) is 0 Å². The maximum Gasteiger partial charge on any atom is 0.257 e. The van der Waals surface area contributed by atoms with Crippen LogP contribution in [0.15, 0.2) is 48.5 Å². The van der Waals surface area contributed by atoms with Gasteiger partial charge in [-0.1, -0.05) is 11.3 Å². The van der Waals surface area contributed by atoms with E-state index < -0.39 is 0 Å². The highest BCUT2D eigenvalue weighted by Gasteiger charge is 2.12. The molecule has 28 heavy (non-hydrogen) atoms. The number of benzene rings is 2. The average molecular weight is 417 g/mol. The number of aromatic nitrogens is 2. The molecular weight excluding hydrogens is 400 g/mol. The summed E-state index contributed by atoms with van der Waals surface area (Å²) in [5.41, 5.74) is 1.93. The number of methoxy groups -OCH3 is 1. The van der Waals surface area contributed by atoms with E-state index in [9.17, 15) is 9.59 Å². The fraction of sp³-hybridized carbons (Fsp3) is 0.158. The predicted molar refractivity (Wildman–Crippen MR) is 110 cm³/mol. The van der Waals surface area contributed by atoms with Gasteiger partial charge in [-0.3, -0.25) is 14.9 Å². The van der Waals surface area contributed by atoms with Crippen molar-refractivity contribution in [3.05, 3.63) is 54.1 Å². The molecule has 3 rings (SSSR count). The zero-order valence-corrected chi connectivity index (χ0v) is 16.5. The Hall–Kier alpha value is -2.97. The fourth-order valence-electron chi connectivity index (χ4n) is 2.31. The molecule has 0 saturated carbocycles. The third-order valence-corrected chi connectivity index (χ3v) is 4.81. The largest absolute Gasteiger partial charge is 0.497 e. The van der Waals surface area contributed by atoms with Gasteiger partial charge in [0.05, 0.1) is 7.11 Å². The fourth-order valence-corrected chi connectivity index (χ4v) is 3.22. The van der Waals surface area contributed by atoms with E-state index in [4.69, 9.17) is 16.3 Å². The minimum Gasteiger partial charge on any atom is -0.497 e. The Kier molecular flexibility index (Phi) is 6.57. The molecule has 0 bridgehead atoms. The van der Waals surface area contributed by atoms with Crippen molar-refractivity contribution in [2.75, 3.05) is 23.6 Å². The summed E-state index contributed by atoms with van der Waals surface area (Å²) in [6.45, 7) is 0.